The fourth-order valence-corrected chi connectivity index (χ4v) is 1.92. The van der Waals surface area contributed by atoms with Gasteiger partial charge in [-0.25, -0.2) is 4.98 Å². The van der Waals surface area contributed by atoms with Crippen LogP contribution in [0.5, 0.6) is 0 Å². The number of nitrogens with zero attached hydrogens (tertiary/aromatic N) is 2. The van der Waals surface area contributed by atoms with Gasteiger partial charge in [-0.15, -0.1) is 0 Å². The summed E-state index contributed by atoms with van der Waals surface area (Å²) in [6.45, 7) is 7.81. The van der Waals surface area contributed by atoms with E-state index in [-0.39, 0.29) is 5.41 Å². The maximum Gasteiger partial charge on any atom is 0.0961 e. The maximum absolute atomic E-state index is 4.19. The Hall–Kier alpha value is -0.830. The van der Waals surface area contributed by atoms with Crippen LogP contribution in [0.2, 0.25) is 0 Å². The van der Waals surface area contributed by atoms with Crippen LogP contribution in [0, 0.1) is 5.41 Å². The van der Waals surface area contributed by atoms with E-state index < -0.39 is 0 Å². The van der Waals surface area contributed by atoms with Crippen LogP contribution in [-0.4, -0.2) is 16.1 Å². The highest BCUT2D eigenvalue weighted by atomic mass is 15.2. The van der Waals surface area contributed by atoms with Crippen LogP contribution in [-0.2, 0) is 6.42 Å². The number of nitrogens with one attached hydrogen (secondary N) is 1. The fraction of sp³-hybridized carbons (Fsp3) is 0.700. The van der Waals surface area contributed by atoms with Gasteiger partial charge in [-0.05, 0) is 5.41 Å². The molecule has 0 amide bonds. The SMILES string of the molecule is CC(C)(C)C1NCCc2cncn21. The van der Waals surface area contributed by atoms with Gasteiger partial charge >= 0.3 is 0 Å². The lowest BCUT2D eigenvalue weighted by atomic mass is 9.91. The Morgan fingerprint density at radius 1 is 1.54 bits per heavy atom. The van der Waals surface area contributed by atoms with Crippen molar-refractivity contribution in [2.75, 3.05) is 6.54 Å². The summed E-state index contributed by atoms with van der Waals surface area (Å²) in [5.41, 5.74) is 1.59. The van der Waals surface area contributed by atoms with Crippen LogP contribution in [0.25, 0.3) is 0 Å². The number of hydrogen-bond donors (Lipinski definition) is 1. The molecule has 1 unspecified atom stereocenters. The summed E-state index contributed by atoms with van der Waals surface area (Å²) in [7, 11) is 0. The molecule has 3 heteroatoms. The van der Waals surface area contributed by atoms with Crippen molar-refractivity contribution in [1.82, 2.24) is 14.9 Å². The van der Waals surface area contributed by atoms with Gasteiger partial charge in [0.15, 0.2) is 0 Å². The first-order valence-corrected chi connectivity index (χ1v) is 4.83. The van der Waals surface area contributed by atoms with E-state index in [1.807, 2.05) is 12.5 Å². The summed E-state index contributed by atoms with van der Waals surface area (Å²) in [4.78, 5) is 4.19. The number of hydrogen-bond acceptors (Lipinski definition) is 2. The molecule has 0 aromatic carbocycles. The molecule has 1 aliphatic rings. The minimum Gasteiger partial charge on any atom is -0.318 e. The van der Waals surface area contributed by atoms with Crippen LogP contribution in [0.1, 0.15) is 32.6 Å². The summed E-state index contributed by atoms with van der Waals surface area (Å²) in [6.07, 6.45) is 5.38. The predicted octanol–water partition coefficient (Wildman–Crippen LogP) is 1.57. The minimum absolute atomic E-state index is 0.246. The molecule has 0 aliphatic carbocycles. The van der Waals surface area contributed by atoms with E-state index in [2.05, 4.69) is 35.6 Å². The highest BCUT2D eigenvalue weighted by molar-refractivity contribution is 5.05. The molecule has 2 heterocycles. The van der Waals surface area contributed by atoms with Gasteiger partial charge in [0, 0.05) is 24.9 Å². The standard InChI is InChI=1S/C10H17N3/c1-10(2,3)9-12-5-4-8-6-11-7-13(8)9/h6-7,9,12H,4-5H2,1-3H3. The molecule has 0 spiro atoms. The fourth-order valence-electron chi connectivity index (χ4n) is 1.92. The molecule has 0 saturated heterocycles. The van der Waals surface area contributed by atoms with Gasteiger partial charge in [0.25, 0.3) is 0 Å². The van der Waals surface area contributed by atoms with E-state index >= 15 is 0 Å². The third-order valence-corrected chi connectivity index (χ3v) is 2.56. The summed E-state index contributed by atoms with van der Waals surface area (Å²) in [5, 5.41) is 3.52. The van der Waals surface area contributed by atoms with Gasteiger partial charge < -0.3 is 4.57 Å². The number of fused-ring (bicyclic) bond motifs is 1. The Labute approximate surface area is 79.2 Å². The lowest BCUT2D eigenvalue weighted by Crippen LogP contribution is -2.41. The number of aromatic nitrogens is 2. The van der Waals surface area contributed by atoms with Crippen LogP contribution < -0.4 is 5.32 Å². The Morgan fingerprint density at radius 3 is 3.00 bits per heavy atom. The van der Waals surface area contributed by atoms with Crippen molar-refractivity contribution < 1.29 is 0 Å². The van der Waals surface area contributed by atoms with Crippen LogP contribution >= 0.6 is 0 Å². The highest BCUT2D eigenvalue weighted by Gasteiger charge is 2.29. The van der Waals surface area contributed by atoms with Gasteiger partial charge in [0.2, 0.25) is 0 Å². The van der Waals surface area contributed by atoms with Crippen molar-refractivity contribution in [1.29, 1.82) is 0 Å². The first-order valence-electron chi connectivity index (χ1n) is 4.83. The minimum atomic E-state index is 0.246. The summed E-state index contributed by atoms with van der Waals surface area (Å²) in [5.74, 6) is 0. The van der Waals surface area contributed by atoms with Crippen LogP contribution in [0.15, 0.2) is 12.5 Å². The number of rotatable bonds is 0. The van der Waals surface area contributed by atoms with E-state index in [0.717, 1.165) is 13.0 Å². The van der Waals surface area contributed by atoms with E-state index in [4.69, 9.17) is 0 Å². The second-order valence-electron chi connectivity index (χ2n) is 4.76. The van der Waals surface area contributed by atoms with Gasteiger partial charge in [0.05, 0.1) is 12.5 Å². The van der Waals surface area contributed by atoms with Crippen molar-refractivity contribution >= 4 is 0 Å². The number of imidazole rings is 1. The second-order valence-corrected chi connectivity index (χ2v) is 4.76. The molecule has 1 aromatic heterocycles. The van der Waals surface area contributed by atoms with Crippen molar-refractivity contribution in [2.45, 2.75) is 33.4 Å². The molecule has 2 rings (SSSR count). The maximum atomic E-state index is 4.19. The third kappa shape index (κ3) is 1.48. The zero-order valence-corrected chi connectivity index (χ0v) is 8.54. The molecule has 1 N–H and O–H groups in total. The first kappa shape index (κ1) is 8.75. The smallest absolute Gasteiger partial charge is 0.0961 e. The van der Waals surface area contributed by atoms with E-state index in [1.165, 1.54) is 5.69 Å². The molecular weight excluding hydrogens is 162 g/mol. The van der Waals surface area contributed by atoms with Crippen molar-refractivity contribution in [3.8, 4) is 0 Å². The molecule has 1 atom stereocenters. The average Bonchev–Trinajstić information content (AvgIpc) is 2.48. The van der Waals surface area contributed by atoms with Crippen molar-refractivity contribution in [3.63, 3.8) is 0 Å². The van der Waals surface area contributed by atoms with E-state index in [9.17, 15) is 0 Å². The average molecular weight is 179 g/mol. The molecule has 1 aliphatic heterocycles. The lowest BCUT2D eigenvalue weighted by molar-refractivity contribution is 0.180. The van der Waals surface area contributed by atoms with Crippen LogP contribution in [0.3, 0.4) is 0 Å². The van der Waals surface area contributed by atoms with Gasteiger partial charge in [0.1, 0.15) is 0 Å². The first-order chi connectivity index (χ1) is 6.09. The zero-order valence-electron chi connectivity index (χ0n) is 8.54. The summed E-state index contributed by atoms with van der Waals surface area (Å²) < 4.78 is 2.25. The molecule has 72 valence electrons. The molecule has 1 aromatic rings. The lowest BCUT2D eigenvalue weighted by Gasteiger charge is -2.36. The van der Waals surface area contributed by atoms with Gasteiger partial charge in [-0.1, -0.05) is 20.8 Å². The molecule has 13 heavy (non-hydrogen) atoms. The van der Waals surface area contributed by atoms with E-state index in [0.29, 0.717) is 6.17 Å². The quantitative estimate of drug-likeness (QED) is 0.655. The molecule has 0 bridgehead atoms. The highest BCUT2D eigenvalue weighted by Crippen LogP contribution is 2.30. The van der Waals surface area contributed by atoms with E-state index in [1.54, 1.807) is 0 Å². The molecule has 0 fully saturated rings. The Morgan fingerprint density at radius 2 is 2.31 bits per heavy atom. The molecule has 0 radical (unpaired) electrons. The second kappa shape index (κ2) is 2.84. The monoisotopic (exact) mass is 179 g/mol. The van der Waals surface area contributed by atoms with Gasteiger partial charge in [-0.2, -0.15) is 0 Å². The largest absolute Gasteiger partial charge is 0.318 e. The topological polar surface area (TPSA) is 29.9 Å². The molecule has 3 nitrogen and oxygen atoms in total. The summed E-state index contributed by atoms with van der Waals surface area (Å²) in [6, 6.07) is 0. The zero-order chi connectivity index (χ0) is 9.47. The predicted molar refractivity (Wildman–Crippen MR) is 52.4 cm³/mol. The Bertz CT molecular complexity index is 295. The van der Waals surface area contributed by atoms with Crippen LogP contribution in [0.4, 0.5) is 0 Å². The third-order valence-electron chi connectivity index (χ3n) is 2.56. The van der Waals surface area contributed by atoms with Crippen molar-refractivity contribution in [3.05, 3.63) is 18.2 Å². The van der Waals surface area contributed by atoms with Gasteiger partial charge in [-0.3, -0.25) is 5.32 Å². The van der Waals surface area contributed by atoms with Crippen molar-refractivity contribution in [2.24, 2.45) is 5.41 Å². The Kier molecular flexibility index (Phi) is 1.91. The normalized spacial score (nSPS) is 22.8. The summed E-state index contributed by atoms with van der Waals surface area (Å²) >= 11 is 0. The Balaban J connectivity index is 2.35. The molecule has 0 saturated carbocycles. The molecular formula is C10H17N3.